The molecule has 1 fully saturated rings. The average molecular weight is 341 g/mol. The van der Waals surface area contributed by atoms with E-state index in [1.807, 2.05) is 54.6 Å². The first kappa shape index (κ1) is 16.1. The molecule has 0 amide bonds. The van der Waals surface area contributed by atoms with Crippen molar-refractivity contribution in [2.24, 2.45) is 0 Å². The molecule has 3 aromatic rings. The first-order chi connectivity index (χ1) is 12.8. The fraction of sp³-hybridized carbons (Fsp3) is 0.190. The van der Waals surface area contributed by atoms with Crippen LogP contribution in [0.1, 0.15) is 18.4 Å². The fourth-order valence-corrected chi connectivity index (χ4v) is 3.17. The van der Waals surface area contributed by atoms with E-state index >= 15 is 0 Å². The van der Waals surface area contributed by atoms with E-state index in [2.05, 4.69) is 21.3 Å². The summed E-state index contributed by atoms with van der Waals surface area (Å²) in [6.07, 6.45) is 2.37. The third kappa shape index (κ3) is 3.35. The lowest BCUT2D eigenvalue weighted by Crippen LogP contribution is -2.19. The molecule has 0 saturated carbocycles. The van der Waals surface area contributed by atoms with E-state index in [4.69, 9.17) is 4.98 Å². The summed E-state index contributed by atoms with van der Waals surface area (Å²) >= 11 is 0. The van der Waals surface area contributed by atoms with Gasteiger partial charge < -0.3 is 10.2 Å². The Balaban J connectivity index is 1.76. The van der Waals surface area contributed by atoms with Gasteiger partial charge >= 0.3 is 0 Å². The number of benzene rings is 2. The summed E-state index contributed by atoms with van der Waals surface area (Å²) in [5.41, 5.74) is 3.21. The van der Waals surface area contributed by atoms with Gasteiger partial charge in [0.1, 0.15) is 11.9 Å². The lowest BCUT2D eigenvalue weighted by Gasteiger charge is -2.18. The van der Waals surface area contributed by atoms with E-state index in [-0.39, 0.29) is 0 Å². The number of hydrogen-bond donors (Lipinski definition) is 1. The zero-order valence-corrected chi connectivity index (χ0v) is 14.4. The Morgan fingerprint density at radius 1 is 0.923 bits per heavy atom. The predicted octanol–water partition coefficient (Wildman–Crippen LogP) is 4.36. The molecule has 0 bridgehead atoms. The summed E-state index contributed by atoms with van der Waals surface area (Å²) in [5, 5.41) is 12.5. The molecule has 2 heterocycles. The van der Waals surface area contributed by atoms with E-state index in [1.54, 1.807) is 6.07 Å². The maximum Gasteiger partial charge on any atom is 0.229 e. The van der Waals surface area contributed by atoms with Crippen LogP contribution in [0.5, 0.6) is 0 Å². The SMILES string of the molecule is N#Cc1ccccc1Nc1nc(-c2ccccc2)cc(N2CCCC2)n1. The molecule has 0 aliphatic carbocycles. The minimum Gasteiger partial charge on any atom is -0.356 e. The Morgan fingerprint density at radius 2 is 1.65 bits per heavy atom. The number of anilines is 3. The molecule has 0 spiro atoms. The van der Waals surface area contributed by atoms with E-state index in [0.29, 0.717) is 17.2 Å². The quantitative estimate of drug-likeness (QED) is 0.764. The van der Waals surface area contributed by atoms with Crippen molar-refractivity contribution in [1.82, 2.24) is 9.97 Å². The topological polar surface area (TPSA) is 64.8 Å². The van der Waals surface area contributed by atoms with E-state index in [9.17, 15) is 5.26 Å². The average Bonchev–Trinajstić information content (AvgIpc) is 3.24. The van der Waals surface area contributed by atoms with Gasteiger partial charge in [0.25, 0.3) is 0 Å². The van der Waals surface area contributed by atoms with Crippen LogP contribution in [0.4, 0.5) is 17.5 Å². The van der Waals surface area contributed by atoms with Crippen LogP contribution in [0.15, 0.2) is 60.7 Å². The lowest BCUT2D eigenvalue weighted by atomic mass is 10.1. The molecule has 1 saturated heterocycles. The third-order valence-corrected chi connectivity index (χ3v) is 4.51. The molecule has 1 aliphatic heterocycles. The van der Waals surface area contributed by atoms with Crippen molar-refractivity contribution in [3.63, 3.8) is 0 Å². The fourth-order valence-electron chi connectivity index (χ4n) is 3.17. The van der Waals surface area contributed by atoms with Gasteiger partial charge in [0.2, 0.25) is 5.95 Å². The summed E-state index contributed by atoms with van der Waals surface area (Å²) in [6, 6.07) is 21.7. The largest absolute Gasteiger partial charge is 0.356 e. The Hall–Kier alpha value is -3.39. The van der Waals surface area contributed by atoms with Gasteiger partial charge in [-0.2, -0.15) is 10.2 Å². The Labute approximate surface area is 153 Å². The summed E-state index contributed by atoms with van der Waals surface area (Å²) in [4.78, 5) is 11.7. The maximum atomic E-state index is 9.32. The highest BCUT2D eigenvalue weighted by atomic mass is 15.2. The molecule has 0 atom stereocenters. The molecule has 5 nitrogen and oxygen atoms in total. The Kier molecular flexibility index (Phi) is 4.48. The van der Waals surface area contributed by atoms with Crippen LogP contribution in [-0.4, -0.2) is 23.1 Å². The van der Waals surface area contributed by atoms with Crippen LogP contribution >= 0.6 is 0 Å². The maximum absolute atomic E-state index is 9.32. The molecule has 4 rings (SSSR count). The molecule has 1 aromatic heterocycles. The zero-order valence-electron chi connectivity index (χ0n) is 14.4. The number of nitriles is 1. The smallest absolute Gasteiger partial charge is 0.229 e. The number of rotatable bonds is 4. The van der Waals surface area contributed by atoms with E-state index in [0.717, 1.165) is 30.2 Å². The van der Waals surface area contributed by atoms with Crippen LogP contribution < -0.4 is 10.2 Å². The molecule has 1 N–H and O–H groups in total. The van der Waals surface area contributed by atoms with Crippen LogP contribution in [0.25, 0.3) is 11.3 Å². The van der Waals surface area contributed by atoms with Crippen molar-refractivity contribution in [3.8, 4) is 17.3 Å². The molecular formula is C21H19N5. The predicted molar refractivity (Wildman–Crippen MR) is 103 cm³/mol. The van der Waals surface area contributed by atoms with Gasteiger partial charge in [0.05, 0.1) is 16.9 Å². The summed E-state index contributed by atoms with van der Waals surface area (Å²) in [5.74, 6) is 1.43. The van der Waals surface area contributed by atoms with Gasteiger partial charge in [0.15, 0.2) is 0 Å². The molecule has 5 heteroatoms. The second-order valence-electron chi connectivity index (χ2n) is 6.28. The van der Waals surface area contributed by atoms with Crippen molar-refractivity contribution in [2.45, 2.75) is 12.8 Å². The molecular weight excluding hydrogens is 322 g/mol. The summed E-state index contributed by atoms with van der Waals surface area (Å²) < 4.78 is 0. The van der Waals surface area contributed by atoms with E-state index < -0.39 is 0 Å². The van der Waals surface area contributed by atoms with E-state index in [1.165, 1.54) is 12.8 Å². The normalized spacial score (nSPS) is 13.4. The molecule has 0 unspecified atom stereocenters. The molecule has 2 aromatic carbocycles. The van der Waals surface area contributed by atoms with Gasteiger partial charge in [0, 0.05) is 24.7 Å². The molecule has 0 radical (unpaired) electrons. The van der Waals surface area contributed by atoms with Gasteiger partial charge in [-0.25, -0.2) is 4.98 Å². The highest BCUT2D eigenvalue weighted by Crippen LogP contribution is 2.27. The van der Waals surface area contributed by atoms with Gasteiger partial charge in [-0.1, -0.05) is 42.5 Å². The Bertz CT molecular complexity index is 940. The highest BCUT2D eigenvalue weighted by Gasteiger charge is 2.17. The molecule has 128 valence electrons. The van der Waals surface area contributed by atoms with Crippen molar-refractivity contribution in [3.05, 3.63) is 66.2 Å². The number of para-hydroxylation sites is 1. The second kappa shape index (κ2) is 7.24. The van der Waals surface area contributed by atoms with Crippen molar-refractivity contribution in [1.29, 1.82) is 5.26 Å². The number of hydrogen-bond acceptors (Lipinski definition) is 5. The zero-order chi connectivity index (χ0) is 17.8. The van der Waals surface area contributed by atoms with Gasteiger partial charge in [-0.3, -0.25) is 0 Å². The van der Waals surface area contributed by atoms with Gasteiger partial charge in [-0.15, -0.1) is 0 Å². The highest BCUT2D eigenvalue weighted by molar-refractivity contribution is 5.68. The van der Waals surface area contributed by atoms with Crippen LogP contribution in [0, 0.1) is 11.3 Å². The Morgan fingerprint density at radius 3 is 2.42 bits per heavy atom. The van der Waals surface area contributed by atoms with Crippen LogP contribution in [0.2, 0.25) is 0 Å². The minimum absolute atomic E-state index is 0.510. The first-order valence-electron chi connectivity index (χ1n) is 8.79. The van der Waals surface area contributed by atoms with Crippen LogP contribution in [-0.2, 0) is 0 Å². The van der Waals surface area contributed by atoms with Crippen molar-refractivity contribution in [2.75, 3.05) is 23.3 Å². The van der Waals surface area contributed by atoms with Crippen LogP contribution in [0.3, 0.4) is 0 Å². The molecule has 26 heavy (non-hydrogen) atoms. The number of aromatic nitrogens is 2. The number of nitrogens with one attached hydrogen (secondary N) is 1. The second-order valence-corrected chi connectivity index (χ2v) is 6.28. The molecule has 1 aliphatic rings. The van der Waals surface area contributed by atoms with Crippen molar-refractivity contribution < 1.29 is 0 Å². The minimum atomic E-state index is 0.510. The lowest BCUT2D eigenvalue weighted by molar-refractivity contribution is 0.931. The van der Waals surface area contributed by atoms with Gasteiger partial charge in [-0.05, 0) is 25.0 Å². The summed E-state index contributed by atoms with van der Waals surface area (Å²) in [7, 11) is 0. The third-order valence-electron chi connectivity index (χ3n) is 4.51. The number of nitrogens with zero attached hydrogens (tertiary/aromatic N) is 4. The van der Waals surface area contributed by atoms with Crippen molar-refractivity contribution >= 4 is 17.5 Å². The monoisotopic (exact) mass is 341 g/mol. The first-order valence-corrected chi connectivity index (χ1v) is 8.79. The standard InChI is InChI=1S/C21H19N5/c22-15-17-10-4-5-11-18(17)23-21-24-19(16-8-2-1-3-9-16)14-20(25-21)26-12-6-7-13-26/h1-5,8-11,14H,6-7,12-13H2,(H,23,24,25). The summed E-state index contributed by atoms with van der Waals surface area (Å²) in [6.45, 7) is 2.03.